The Balaban J connectivity index is 1.68. The van der Waals surface area contributed by atoms with Crippen LogP contribution in [0.25, 0.3) is 0 Å². The highest BCUT2D eigenvalue weighted by atomic mass is 32.1. The molecule has 0 radical (unpaired) electrons. The number of thiophene rings is 1. The molecule has 136 valence electrons. The van der Waals surface area contributed by atoms with E-state index in [4.69, 9.17) is 0 Å². The van der Waals surface area contributed by atoms with Crippen LogP contribution in [0.15, 0.2) is 11.4 Å². The lowest BCUT2D eigenvalue weighted by Gasteiger charge is -2.27. The van der Waals surface area contributed by atoms with E-state index in [9.17, 15) is 4.79 Å². The molecule has 2 amide bonds. The van der Waals surface area contributed by atoms with Gasteiger partial charge in [-0.25, -0.2) is 4.79 Å². The molecule has 2 rings (SSSR count). The van der Waals surface area contributed by atoms with Crippen LogP contribution in [-0.4, -0.2) is 62.1 Å². The highest BCUT2D eigenvalue weighted by Crippen LogP contribution is 2.23. The molecule has 24 heavy (non-hydrogen) atoms. The van der Waals surface area contributed by atoms with Gasteiger partial charge in [0.15, 0.2) is 0 Å². The Morgan fingerprint density at radius 1 is 1.42 bits per heavy atom. The zero-order chi connectivity index (χ0) is 17.5. The lowest BCUT2D eigenvalue weighted by Crippen LogP contribution is -2.48. The topological polar surface area (TPSA) is 47.6 Å². The van der Waals surface area contributed by atoms with Gasteiger partial charge in [-0.05, 0) is 49.9 Å². The quantitative estimate of drug-likeness (QED) is 0.755. The summed E-state index contributed by atoms with van der Waals surface area (Å²) in [6.45, 7) is 8.96. The molecule has 6 heteroatoms. The summed E-state index contributed by atoms with van der Waals surface area (Å²) in [4.78, 5) is 18.2. The van der Waals surface area contributed by atoms with Crippen molar-refractivity contribution in [2.75, 3.05) is 40.3 Å². The number of carbonyl (C=O) groups is 1. The van der Waals surface area contributed by atoms with Gasteiger partial charge >= 0.3 is 6.03 Å². The van der Waals surface area contributed by atoms with E-state index in [1.54, 1.807) is 0 Å². The fourth-order valence-corrected chi connectivity index (χ4v) is 4.14. The Hall–Kier alpha value is -1.11. The van der Waals surface area contributed by atoms with Crippen molar-refractivity contribution < 1.29 is 4.79 Å². The molecule has 0 bridgehead atoms. The Bertz CT molecular complexity index is 505. The summed E-state index contributed by atoms with van der Waals surface area (Å²) in [6.07, 6.45) is 2.14. The van der Waals surface area contributed by atoms with Gasteiger partial charge in [0, 0.05) is 43.6 Å². The first-order valence-electron chi connectivity index (χ1n) is 8.90. The van der Waals surface area contributed by atoms with E-state index in [0.717, 1.165) is 39.0 Å². The van der Waals surface area contributed by atoms with Crippen LogP contribution in [0.2, 0.25) is 0 Å². The second-order valence-corrected chi connectivity index (χ2v) is 8.38. The minimum Gasteiger partial charge on any atom is -0.337 e. The Labute approximate surface area is 150 Å². The van der Waals surface area contributed by atoms with E-state index in [-0.39, 0.29) is 12.1 Å². The largest absolute Gasteiger partial charge is 0.337 e. The van der Waals surface area contributed by atoms with Crippen LogP contribution in [0, 0.1) is 5.92 Å². The van der Waals surface area contributed by atoms with Gasteiger partial charge in [-0.2, -0.15) is 0 Å². The molecule has 0 aliphatic carbocycles. The third-order valence-corrected chi connectivity index (χ3v) is 5.30. The molecule has 0 saturated carbocycles. The number of hydrogen-bond donors (Lipinski definition) is 2. The van der Waals surface area contributed by atoms with Gasteiger partial charge in [0.2, 0.25) is 0 Å². The average Bonchev–Trinajstić information content (AvgIpc) is 2.93. The van der Waals surface area contributed by atoms with Crippen LogP contribution < -0.4 is 10.6 Å². The molecular weight excluding hydrogens is 320 g/mol. The van der Waals surface area contributed by atoms with Crippen LogP contribution in [-0.2, 0) is 13.0 Å². The molecule has 0 spiro atoms. The zero-order valence-electron chi connectivity index (χ0n) is 15.5. The van der Waals surface area contributed by atoms with Crippen LogP contribution in [0.4, 0.5) is 4.79 Å². The van der Waals surface area contributed by atoms with Gasteiger partial charge in [-0.15, -0.1) is 11.3 Å². The first-order valence-corrected chi connectivity index (χ1v) is 9.78. The van der Waals surface area contributed by atoms with Gasteiger partial charge in [-0.1, -0.05) is 13.8 Å². The molecule has 5 nitrogen and oxygen atoms in total. The van der Waals surface area contributed by atoms with E-state index < -0.39 is 0 Å². The van der Waals surface area contributed by atoms with E-state index in [2.05, 4.69) is 45.7 Å². The molecule has 0 aromatic carbocycles. The summed E-state index contributed by atoms with van der Waals surface area (Å²) in [6, 6.07) is 2.38. The normalized spacial score (nSPS) is 16.2. The van der Waals surface area contributed by atoms with Crippen LogP contribution >= 0.6 is 11.3 Å². The molecule has 1 aliphatic heterocycles. The Morgan fingerprint density at radius 3 is 2.92 bits per heavy atom. The summed E-state index contributed by atoms with van der Waals surface area (Å²) >= 11 is 1.86. The summed E-state index contributed by atoms with van der Waals surface area (Å²) in [5.74, 6) is 0.573. The maximum absolute atomic E-state index is 12.2. The van der Waals surface area contributed by atoms with Crippen molar-refractivity contribution in [3.05, 3.63) is 21.9 Å². The molecule has 0 fully saturated rings. The van der Waals surface area contributed by atoms with Gasteiger partial charge in [0.1, 0.15) is 0 Å². The van der Waals surface area contributed by atoms with E-state index >= 15 is 0 Å². The maximum atomic E-state index is 12.2. The molecule has 2 N–H and O–H groups in total. The molecule has 1 atom stereocenters. The van der Waals surface area contributed by atoms with Crippen molar-refractivity contribution in [3.63, 3.8) is 0 Å². The third kappa shape index (κ3) is 6.42. The monoisotopic (exact) mass is 352 g/mol. The molecule has 0 saturated heterocycles. The molecule has 1 aliphatic rings. The SMILES string of the molecule is CC(C)CC(CN(C)C)NC(=O)NCCN1CCc2sccc2C1. The van der Waals surface area contributed by atoms with E-state index in [1.807, 2.05) is 25.4 Å². The summed E-state index contributed by atoms with van der Waals surface area (Å²) in [5.41, 5.74) is 1.46. The van der Waals surface area contributed by atoms with Gasteiger partial charge in [0.05, 0.1) is 0 Å². The summed E-state index contributed by atoms with van der Waals surface area (Å²) in [7, 11) is 4.09. The van der Waals surface area contributed by atoms with Gasteiger partial charge < -0.3 is 15.5 Å². The number of hydrogen-bond acceptors (Lipinski definition) is 4. The van der Waals surface area contributed by atoms with Crippen molar-refractivity contribution in [2.45, 2.75) is 39.3 Å². The highest BCUT2D eigenvalue weighted by molar-refractivity contribution is 7.10. The zero-order valence-corrected chi connectivity index (χ0v) is 16.3. The van der Waals surface area contributed by atoms with Gasteiger partial charge in [0.25, 0.3) is 0 Å². The van der Waals surface area contributed by atoms with Crippen molar-refractivity contribution in [2.24, 2.45) is 5.92 Å². The standard InChI is InChI=1S/C18H32N4OS/c1-14(2)11-16(13-21(3)4)20-18(23)19-7-9-22-8-5-17-15(12-22)6-10-24-17/h6,10,14,16H,5,7-9,11-13H2,1-4H3,(H2,19,20,23). The number of urea groups is 1. The minimum absolute atomic E-state index is 0.0456. The second kappa shape index (κ2) is 9.39. The lowest BCUT2D eigenvalue weighted by molar-refractivity contribution is 0.222. The third-order valence-electron chi connectivity index (χ3n) is 4.28. The van der Waals surface area contributed by atoms with Crippen LogP contribution in [0.1, 0.15) is 30.7 Å². The predicted octanol–water partition coefficient (Wildman–Crippen LogP) is 2.38. The smallest absolute Gasteiger partial charge is 0.315 e. The fraction of sp³-hybridized carbons (Fsp3) is 0.722. The van der Waals surface area contributed by atoms with Crippen LogP contribution in [0.3, 0.4) is 0 Å². The van der Waals surface area contributed by atoms with Crippen molar-refractivity contribution >= 4 is 17.4 Å². The number of likely N-dealkylation sites (N-methyl/N-ethyl adjacent to an activating group) is 1. The molecule has 1 unspecified atom stereocenters. The van der Waals surface area contributed by atoms with Crippen LogP contribution in [0.5, 0.6) is 0 Å². The maximum Gasteiger partial charge on any atom is 0.315 e. The number of nitrogens with one attached hydrogen (secondary N) is 2. The molecular formula is C18H32N4OS. The second-order valence-electron chi connectivity index (χ2n) is 7.38. The molecule has 1 aromatic rings. The van der Waals surface area contributed by atoms with Crippen molar-refractivity contribution in [1.82, 2.24) is 20.4 Å². The number of nitrogens with zero attached hydrogens (tertiary/aromatic N) is 2. The minimum atomic E-state index is -0.0456. The number of rotatable bonds is 8. The van der Waals surface area contributed by atoms with Crippen molar-refractivity contribution in [1.29, 1.82) is 0 Å². The molecule has 1 aromatic heterocycles. The Morgan fingerprint density at radius 2 is 2.21 bits per heavy atom. The summed E-state index contributed by atoms with van der Waals surface area (Å²) < 4.78 is 0. The van der Waals surface area contributed by atoms with E-state index in [0.29, 0.717) is 12.5 Å². The average molecular weight is 353 g/mol. The highest BCUT2D eigenvalue weighted by Gasteiger charge is 2.18. The number of carbonyl (C=O) groups excluding carboxylic acids is 1. The van der Waals surface area contributed by atoms with Gasteiger partial charge in [-0.3, -0.25) is 4.90 Å². The van der Waals surface area contributed by atoms with E-state index in [1.165, 1.54) is 10.4 Å². The Kier molecular flexibility index (Phi) is 7.52. The first-order chi connectivity index (χ1) is 11.4. The predicted molar refractivity (Wildman–Crippen MR) is 102 cm³/mol. The molecule has 2 heterocycles. The lowest BCUT2D eigenvalue weighted by atomic mass is 10.0. The number of fused-ring (bicyclic) bond motifs is 1. The number of amides is 2. The first kappa shape index (κ1) is 19.2. The van der Waals surface area contributed by atoms with Crippen molar-refractivity contribution in [3.8, 4) is 0 Å². The summed E-state index contributed by atoms with van der Waals surface area (Å²) in [5, 5.41) is 8.32. The fourth-order valence-electron chi connectivity index (χ4n) is 3.25.